The van der Waals surface area contributed by atoms with Crippen LogP contribution in [-0.4, -0.2) is 25.3 Å². The number of nitrogens with one attached hydrogen (secondary N) is 1. The zero-order chi connectivity index (χ0) is 25.3. The van der Waals surface area contributed by atoms with Crippen molar-refractivity contribution in [3.63, 3.8) is 0 Å². The third kappa shape index (κ3) is 4.73. The molecule has 0 atom stereocenters. The number of hydrogen-bond donors (Lipinski definition) is 1. The van der Waals surface area contributed by atoms with E-state index in [0.717, 1.165) is 12.8 Å². The van der Waals surface area contributed by atoms with Crippen LogP contribution in [0.15, 0.2) is 69.0 Å². The van der Waals surface area contributed by atoms with Crippen molar-refractivity contribution in [1.29, 1.82) is 0 Å². The predicted molar refractivity (Wildman–Crippen MR) is 134 cm³/mol. The SMILES string of the molecule is COc1cc(CC2CCCCC2)c(F)cc1-n1c(=O)ccc2cc(S(=O)(=O)Nc3ccon3)ccc21. The Hall–Kier alpha value is -3.66. The van der Waals surface area contributed by atoms with Gasteiger partial charge >= 0.3 is 0 Å². The van der Waals surface area contributed by atoms with Crippen LogP contribution in [0.4, 0.5) is 10.2 Å². The molecule has 1 N–H and O–H groups in total. The number of halogens is 1. The minimum Gasteiger partial charge on any atom is -0.495 e. The van der Waals surface area contributed by atoms with Crippen molar-refractivity contribution in [3.8, 4) is 11.4 Å². The Morgan fingerprint density at radius 2 is 1.92 bits per heavy atom. The number of nitrogens with zero attached hydrogens (tertiary/aromatic N) is 2. The average Bonchev–Trinajstić information content (AvgIpc) is 3.38. The number of aromatic nitrogens is 2. The van der Waals surface area contributed by atoms with Gasteiger partial charge in [-0.2, -0.15) is 0 Å². The summed E-state index contributed by atoms with van der Waals surface area (Å²) in [6.45, 7) is 0. The van der Waals surface area contributed by atoms with Crippen LogP contribution in [0.25, 0.3) is 16.6 Å². The Balaban J connectivity index is 1.56. The van der Waals surface area contributed by atoms with Gasteiger partial charge in [0.2, 0.25) is 0 Å². The summed E-state index contributed by atoms with van der Waals surface area (Å²) in [7, 11) is -2.46. The molecule has 0 bridgehead atoms. The molecule has 0 saturated heterocycles. The molecule has 0 unspecified atom stereocenters. The number of rotatable bonds is 7. The fourth-order valence-corrected chi connectivity index (χ4v) is 5.91. The van der Waals surface area contributed by atoms with E-state index in [0.29, 0.717) is 34.6 Å². The lowest BCUT2D eigenvalue weighted by molar-refractivity contribution is 0.351. The Morgan fingerprint density at radius 3 is 2.64 bits per heavy atom. The molecule has 1 aliphatic rings. The molecule has 2 aromatic carbocycles. The van der Waals surface area contributed by atoms with Crippen LogP contribution < -0.4 is 15.0 Å². The molecule has 188 valence electrons. The normalized spacial score (nSPS) is 14.7. The van der Waals surface area contributed by atoms with Gasteiger partial charge < -0.3 is 9.26 Å². The maximum absolute atomic E-state index is 15.3. The highest BCUT2D eigenvalue weighted by atomic mass is 32.2. The Morgan fingerprint density at radius 1 is 1.11 bits per heavy atom. The van der Waals surface area contributed by atoms with Crippen LogP contribution in [0.2, 0.25) is 0 Å². The van der Waals surface area contributed by atoms with E-state index < -0.39 is 21.4 Å². The Bertz CT molecular complexity index is 1560. The summed E-state index contributed by atoms with van der Waals surface area (Å²) >= 11 is 0. The number of methoxy groups -OCH3 is 1. The summed E-state index contributed by atoms with van der Waals surface area (Å²) in [5.74, 6) is 0.474. The van der Waals surface area contributed by atoms with Gasteiger partial charge in [-0.15, -0.1) is 0 Å². The second kappa shape index (κ2) is 9.77. The number of fused-ring (bicyclic) bond motifs is 1. The molecule has 1 aliphatic carbocycles. The molecule has 2 aromatic heterocycles. The molecular formula is C26H26FN3O5S. The molecule has 8 nitrogen and oxygen atoms in total. The topological polar surface area (TPSA) is 103 Å². The van der Waals surface area contributed by atoms with Gasteiger partial charge in [0, 0.05) is 23.6 Å². The first-order valence-electron chi connectivity index (χ1n) is 11.8. The minimum absolute atomic E-state index is 0.0239. The second-order valence-corrected chi connectivity index (χ2v) is 10.7. The van der Waals surface area contributed by atoms with Crippen LogP contribution in [0, 0.1) is 11.7 Å². The summed E-state index contributed by atoms with van der Waals surface area (Å²) < 4.78 is 54.7. The predicted octanol–water partition coefficient (Wildman–Crippen LogP) is 5.05. The standard InChI is InChI=1S/C26H26FN3O5S/c1-34-24-15-19(13-17-5-3-2-4-6-17)21(27)16-23(24)30-22-9-8-20(14-18(22)7-10-26(30)31)36(32,33)29-25-11-12-35-28-25/h7-12,14-17H,2-6,13H2,1H3,(H,28,29). The number of sulfonamides is 1. The number of hydrogen-bond acceptors (Lipinski definition) is 6. The summed E-state index contributed by atoms with van der Waals surface area (Å²) in [5.41, 5.74) is 0.856. The lowest BCUT2D eigenvalue weighted by atomic mass is 9.84. The fraction of sp³-hybridized carbons (Fsp3) is 0.308. The average molecular weight is 512 g/mol. The third-order valence-electron chi connectivity index (χ3n) is 6.67. The van der Waals surface area contributed by atoms with Crippen LogP contribution in [0.3, 0.4) is 0 Å². The number of benzene rings is 2. The molecule has 10 heteroatoms. The first kappa shape index (κ1) is 24.1. The highest BCUT2D eigenvalue weighted by molar-refractivity contribution is 7.92. The zero-order valence-electron chi connectivity index (χ0n) is 19.7. The molecule has 0 spiro atoms. The van der Waals surface area contributed by atoms with Crippen molar-refractivity contribution in [3.05, 3.63) is 76.5 Å². The van der Waals surface area contributed by atoms with Crippen molar-refractivity contribution in [1.82, 2.24) is 9.72 Å². The molecular weight excluding hydrogens is 485 g/mol. The lowest BCUT2D eigenvalue weighted by Crippen LogP contribution is -2.19. The summed E-state index contributed by atoms with van der Waals surface area (Å²) in [5, 5.41) is 4.04. The number of pyridine rings is 1. The van der Waals surface area contributed by atoms with Crippen LogP contribution in [-0.2, 0) is 16.4 Å². The maximum atomic E-state index is 15.3. The van der Waals surface area contributed by atoms with Crippen LogP contribution in [0.5, 0.6) is 5.75 Å². The van der Waals surface area contributed by atoms with Gasteiger partial charge in [0.15, 0.2) is 5.82 Å². The largest absolute Gasteiger partial charge is 0.495 e. The monoisotopic (exact) mass is 511 g/mol. The van der Waals surface area contributed by atoms with E-state index in [1.54, 1.807) is 6.07 Å². The molecule has 1 saturated carbocycles. The van der Waals surface area contributed by atoms with Crippen molar-refractivity contribution < 1.29 is 22.1 Å². The maximum Gasteiger partial charge on any atom is 0.263 e. The molecule has 2 heterocycles. The first-order valence-corrected chi connectivity index (χ1v) is 13.3. The Labute approximate surface area is 207 Å². The zero-order valence-corrected chi connectivity index (χ0v) is 20.6. The van der Waals surface area contributed by atoms with E-state index in [1.807, 2.05) is 0 Å². The third-order valence-corrected chi connectivity index (χ3v) is 8.03. The van der Waals surface area contributed by atoms with Crippen LogP contribution in [0.1, 0.15) is 37.7 Å². The minimum atomic E-state index is -3.95. The van der Waals surface area contributed by atoms with E-state index in [1.165, 1.54) is 79.7 Å². The smallest absolute Gasteiger partial charge is 0.263 e. The number of anilines is 1. The van der Waals surface area contributed by atoms with E-state index in [2.05, 4.69) is 14.4 Å². The first-order chi connectivity index (χ1) is 17.4. The van der Waals surface area contributed by atoms with E-state index in [9.17, 15) is 13.2 Å². The van der Waals surface area contributed by atoms with E-state index in [4.69, 9.17) is 4.74 Å². The highest BCUT2D eigenvalue weighted by Gasteiger charge is 2.21. The molecule has 1 fully saturated rings. The van der Waals surface area contributed by atoms with Gasteiger partial charge in [-0.25, -0.2) is 12.8 Å². The van der Waals surface area contributed by atoms with Gasteiger partial charge in [0.25, 0.3) is 15.6 Å². The summed E-state index contributed by atoms with van der Waals surface area (Å²) in [4.78, 5) is 12.9. The molecule has 36 heavy (non-hydrogen) atoms. The van der Waals surface area contributed by atoms with Crippen molar-refractivity contribution >= 4 is 26.7 Å². The van der Waals surface area contributed by atoms with Gasteiger partial charge in [-0.3, -0.25) is 14.1 Å². The number of ether oxygens (including phenoxy) is 1. The molecule has 4 aromatic rings. The molecule has 0 radical (unpaired) electrons. The van der Waals surface area contributed by atoms with Crippen LogP contribution >= 0.6 is 0 Å². The van der Waals surface area contributed by atoms with Gasteiger partial charge in [-0.05, 0) is 48.2 Å². The molecule has 5 rings (SSSR count). The van der Waals surface area contributed by atoms with Gasteiger partial charge in [0.05, 0.1) is 23.2 Å². The van der Waals surface area contributed by atoms with Crippen molar-refractivity contribution in [2.24, 2.45) is 5.92 Å². The summed E-state index contributed by atoms with van der Waals surface area (Å²) in [6.07, 6.45) is 7.62. The van der Waals surface area contributed by atoms with Crippen molar-refractivity contribution in [2.45, 2.75) is 43.4 Å². The van der Waals surface area contributed by atoms with E-state index in [-0.39, 0.29) is 16.4 Å². The summed E-state index contributed by atoms with van der Waals surface area (Å²) in [6, 6.07) is 11.6. The lowest BCUT2D eigenvalue weighted by Gasteiger charge is -2.22. The van der Waals surface area contributed by atoms with E-state index >= 15 is 4.39 Å². The fourth-order valence-electron chi connectivity index (χ4n) is 4.88. The second-order valence-electron chi connectivity index (χ2n) is 9.04. The van der Waals surface area contributed by atoms with Crippen molar-refractivity contribution in [2.75, 3.05) is 11.8 Å². The quantitative estimate of drug-likeness (QED) is 0.372. The van der Waals surface area contributed by atoms with Gasteiger partial charge in [-0.1, -0.05) is 37.3 Å². The highest BCUT2D eigenvalue weighted by Crippen LogP contribution is 2.33. The molecule has 0 amide bonds. The molecule has 0 aliphatic heterocycles. The Kier molecular flexibility index (Phi) is 6.53. The van der Waals surface area contributed by atoms with Gasteiger partial charge in [0.1, 0.15) is 17.8 Å².